The molecular weight excluding hydrogens is 863 g/mol. The van der Waals surface area contributed by atoms with Gasteiger partial charge in [-0.05, 0) is 109 Å². The quantitative estimate of drug-likeness (QED) is 0.164. The second kappa shape index (κ2) is 25.7. The number of rotatable bonds is 9. The van der Waals surface area contributed by atoms with Crippen LogP contribution in [0.3, 0.4) is 0 Å². The van der Waals surface area contributed by atoms with Gasteiger partial charge in [-0.15, -0.1) is 0 Å². The molecule has 2 amide bonds. The Bertz CT molecular complexity index is 1730. The number of piperazine rings is 1. The van der Waals surface area contributed by atoms with E-state index in [2.05, 4.69) is 4.90 Å². The van der Waals surface area contributed by atoms with Crippen LogP contribution in [-0.2, 0) is 47.7 Å². The van der Waals surface area contributed by atoms with E-state index in [9.17, 15) is 39.3 Å². The first kappa shape index (κ1) is 56.5. The number of carbonyl (C=O) groups excluding carboxylic acids is 5. The molecule has 5 aliphatic rings. The largest absolute Gasteiger partial charge is 0.456 e. The number of likely N-dealkylation sites (N-methyl/N-ethyl adjacent to an activating group) is 1. The van der Waals surface area contributed by atoms with E-state index in [4.69, 9.17) is 23.7 Å². The number of cyclic esters (lactones) is 1. The lowest BCUT2D eigenvalue weighted by atomic mass is 9.81. The maximum absolute atomic E-state index is 14.5. The Balaban J connectivity index is 0.00000980. The summed E-state index contributed by atoms with van der Waals surface area (Å²) in [5.41, 5.74) is 1.57. The minimum absolute atomic E-state index is 0. The third-order valence-electron chi connectivity index (χ3n) is 15.2. The molecule has 2 bridgehead atoms. The van der Waals surface area contributed by atoms with Crippen molar-refractivity contribution in [3.05, 3.63) is 23.3 Å². The van der Waals surface area contributed by atoms with Crippen molar-refractivity contribution < 1.29 is 63.0 Å². The van der Waals surface area contributed by atoms with Crippen molar-refractivity contribution in [2.45, 2.75) is 180 Å². The normalized spacial score (nSPS) is 38.2. The van der Waals surface area contributed by atoms with Crippen LogP contribution in [0.15, 0.2) is 23.3 Å². The SMILES string of the molecule is C.CO[C@H]1C[C@@H](C)C/C(C)=C/[C@@H](CCCC(=O)N2CCN(C)CC2)C(=O)C[C@H](O)[C@@H](C)[C@@H](/C(C)=C/[C@@H]2CC[C@@H](O)[C@H](OC)C2)OC(=O)[C@@H]2CCCCN2C(=O)C(=O)[C@]2(O)O[C@H]1[C@@H](OC)C[C@H]2C. The number of hydrogen-bond donors (Lipinski definition) is 3. The molecule has 1 aliphatic carbocycles. The van der Waals surface area contributed by atoms with E-state index in [0.29, 0.717) is 82.9 Å². The van der Waals surface area contributed by atoms with Crippen LogP contribution in [0.5, 0.6) is 0 Å². The molecule has 0 radical (unpaired) electrons. The lowest BCUT2D eigenvalue weighted by molar-refractivity contribution is -0.302. The standard InChI is InChI=1S/C50H81N3O13.CH4/c1-30-23-31(2)25-42(63-8)46-43(64-9)27-33(4)50(61,66-46)47(58)48(59)53-18-11-10-14-37(53)49(60)65-45(32(3)26-35-16-17-38(54)41(28-35)62-7)34(5)39(55)29-40(56)36(24-30)13-12-15-44(57)52-21-19-51(6)20-22-52;/h24,26,31,33-39,41-43,45-46,54-55,61H,10-23,25,27-29H2,1-9H3;1H4/b30-24+,32-26+;/t31-,33+,34+,35-,36+,37-,38+,39-,41+,42-,43-,45+,46+,50+;/m0./s1. The Morgan fingerprint density at radius 2 is 1.52 bits per heavy atom. The Kier molecular flexibility index (Phi) is 21.6. The van der Waals surface area contributed by atoms with Gasteiger partial charge in [0.25, 0.3) is 11.7 Å². The van der Waals surface area contributed by atoms with Gasteiger partial charge >= 0.3 is 5.97 Å². The van der Waals surface area contributed by atoms with Crippen molar-refractivity contribution >= 4 is 29.4 Å². The number of fused-ring (bicyclic) bond motifs is 3. The van der Waals surface area contributed by atoms with E-state index in [1.807, 2.05) is 44.9 Å². The number of carbonyl (C=O) groups is 5. The highest BCUT2D eigenvalue weighted by atomic mass is 16.7. The zero-order chi connectivity index (χ0) is 48.5. The van der Waals surface area contributed by atoms with Gasteiger partial charge in [-0.3, -0.25) is 19.2 Å². The number of allylic oxidation sites excluding steroid dienone is 3. The Morgan fingerprint density at radius 3 is 2.18 bits per heavy atom. The Morgan fingerprint density at radius 1 is 0.866 bits per heavy atom. The van der Waals surface area contributed by atoms with Crippen LogP contribution in [0.4, 0.5) is 0 Å². The van der Waals surface area contributed by atoms with Crippen molar-refractivity contribution in [1.82, 2.24) is 14.7 Å². The zero-order valence-corrected chi connectivity index (χ0v) is 41.2. The first-order chi connectivity index (χ1) is 31.3. The maximum atomic E-state index is 14.5. The van der Waals surface area contributed by atoms with E-state index in [0.717, 1.165) is 18.7 Å². The van der Waals surface area contributed by atoms with Crippen LogP contribution in [0.2, 0.25) is 0 Å². The molecule has 4 heterocycles. The van der Waals surface area contributed by atoms with Crippen molar-refractivity contribution in [1.29, 1.82) is 0 Å². The molecule has 3 saturated heterocycles. The van der Waals surface area contributed by atoms with Gasteiger partial charge in [-0.25, -0.2) is 4.79 Å². The third-order valence-corrected chi connectivity index (χ3v) is 15.2. The summed E-state index contributed by atoms with van der Waals surface area (Å²) < 4.78 is 30.0. The van der Waals surface area contributed by atoms with Gasteiger partial charge in [0, 0.05) is 84.6 Å². The number of esters is 1. The highest BCUT2D eigenvalue weighted by Gasteiger charge is 2.56. The van der Waals surface area contributed by atoms with Gasteiger partial charge < -0.3 is 53.7 Å². The van der Waals surface area contributed by atoms with E-state index in [1.165, 1.54) is 19.1 Å². The molecule has 4 aliphatic heterocycles. The number of nitrogens with zero attached hydrogens (tertiary/aromatic N) is 3. The predicted octanol–water partition coefficient (Wildman–Crippen LogP) is 4.64. The summed E-state index contributed by atoms with van der Waals surface area (Å²) in [6, 6.07) is -1.17. The summed E-state index contributed by atoms with van der Waals surface area (Å²) in [5.74, 6) is -7.99. The monoisotopic (exact) mass is 948 g/mol. The minimum atomic E-state index is -2.54. The highest BCUT2D eigenvalue weighted by Crippen LogP contribution is 2.39. The van der Waals surface area contributed by atoms with Crippen LogP contribution in [-0.4, -0.2) is 175 Å². The summed E-state index contributed by atoms with van der Waals surface area (Å²) in [7, 11) is 6.65. The van der Waals surface area contributed by atoms with E-state index >= 15 is 0 Å². The highest BCUT2D eigenvalue weighted by molar-refractivity contribution is 6.39. The average molecular weight is 948 g/mol. The second-order valence-corrected chi connectivity index (χ2v) is 20.3. The molecule has 0 spiro atoms. The lowest BCUT2D eigenvalue weighted by Crippen LogP contribution is -2.64. The fraction of sp³-hybridized carbons (Fsp3) is 0.824. The zero-order valence-electron chi connectivity index (χ0n) is 41.2. The van der Waals surface area contributed by atoms with Crippen LogP contribution < -0.4 is 0 Å². The fourth-order valence-electron chi connectivity index (χ4n) is 11.0. The Hall–Kier alpha value is -3.09. The van der Waals surface area contributed by atoms with Crippen molar-refractivity contribution in [2.24, 2.45) is 29.6 Å². The maximum Gasteiger partial charge on any atom is 0.329 e. The van der Waals surface area contributed by atoms with Crippen LogP contribution in [0, 0.1) is 29.6 Å². The first-order valence-electron chi connectivity index (χ1n) is 24.6. The van der Waals surface area contributed by atoms with E-state index in [1.54, 1.807) is 21.0 Å². The summed E-state index contributed by atoms with van der Waals surface area (Å²) in [5, 5.41) is 34.7. The van der Waals surface area contributed by atoms with Gasteiger partial charge in [0.1, 0.15) is 24.0 Å². The molecular formula is C51H85N3O13. The number of aliphatic hydroxyl groups is 3. The number of amides is 2. The minimum Gasteiger partial charge on any atom is -0.456 e. The molecule has 16 heteroatoms. The van der Waals surface area contributed by atoms with Gasteiger partial charge in [-0.2, -0.15) is 0 Å². The number of aliphatic hydroxyl groups excluding tert-OH is 2. The topological polar surface area (TPSA) is 202 Å². The van der Waals surface area contributed by atoms with Crippen molar-refractivity contribution in [3.63, 3.8) is 0 Å². The van der Waals surface area contributed by atoms with Gasteiger partial charge in [-0.1, -0.05) is 45.9 Å². The van der Waals surface area contributed by atoms with Gasteiger partial charge in [0.15, 0.2) is 0 Å². The van der Waals surface area contributed by atoms with Gasteiger partial charge in [0.05, 0.1) is 30.5 Å². The molecule has 3 N–H and O–H groups in total. The Labute approximate surface area is 400 Å². The molecule has 67 heavy (non-hydrogen) atoms. The molecule has 0 unspecified atom stereocenters. The van der Waals surface area contributed by atoms with E-state index < -0.39 is 83.9 Å². The second-order valence-electron chi connectivity index (χ2n) is 20.3. The molecule has 14 atom stereocenters. The molecule has 4 fully saturated rings. The molecule has 1 saturated carbocycles. The number of hydrogen-bond acceptors (Lipinski definition) is 14. The third kappa shape index (κ3) is 14.3. The summed E-state index contributed by atoms with van der Waals surface area (Å²) in [4.78, 5) is 76.2. The smallest absolute Gasteiger partial charge is 0.329 e. The van der Waals surface area contributed by atoms with Gasteiger partial charge in [0.2, 0.25) is 11.7 Å². The first-order valence-corrected chi connectivity index (χ1v) is 24.6. The number of piperidine rings is 1. The predicted molar refractivity (Wildman–Crippen MR) is 252 cm³/mol. The molecule has 0 aromatic heterocycles. The number of ketones is 2. The molecule has 16 nitrogen and oxygen atoms in total. The van der Waals surface area contributed by atoms with Crippen LogP contribution in [0.1, 0.15) is 126 Å². The fourth-order valence-corrected chi connectivity index (χ4v) is 11.0. The van der Waals surface area contributed by atoms with Crippen molar-refractivity contribution in [2.75, 3.05) is 61.1 Å². The van der Waals surface area contributed by atoms with E-state index in [-0.39, 0.29) is 62.9 Å². The molecule has 0 aromatic carbocycles. The van der Waals surface area contributed by atoms with Crippen molar-refractivity contribution in [3.8, 4) is 0 Å². The molecule has 382 valence electrons. The number of ether oxygens (including phenoxy) is 5. The summed E-state index contributed by atoms with van der Waals surface area (Å²) >= 11 is 0. The lowest BCUT2D eigenvalue weighted by Gasteiger charge is -2.47. The van der Waals surface area contributed by atoms with Crippen LogP contribution in [0.25, 0.3) is 0 Å². The van der Waals surface area contributed by atoms with Crippen LogP contribution >= 0.6 is 0 Å². The summed E-state index contributed by atoms with van der Waals surface area (Å²) in [6.07, 6.45) is 3.62. The molecule has 0 aromatic rings. The average Bonchev–Trinajstić information content (AvgIpc) is 3.29. The summed E-state index contributed by atoms with van der Waals surface area (Å²) in [6.45, 7) is 12.2. The number of Topliss-reactive ketones (excluding diaryl/α,β-unsaturated/α-hetero) is 2. The molecule has 5 rings (SSSR count). The number of methoxy groups -OCH3 is 3.